The smallest absolute Gasteiger partial charge is 0.230 e. The number of methoxy groups -OCH3 is 1. The number of carbonyl (C=O) groups is 1. The molecule has 0 bridgehead atoms. The molecule has 1 atom stereocenters. The second-order valence-electron chi connectivity index (χ2n) is 5.19. The minimum Gasteiger partial charge on any atom is -0.377 e. The highest BCUT2D eigenvalue weighted by atomic mass is 16.5. The Labute approximate surface area is 110 Å². The van der Waals surface area contributed by atoms with Crippen molar-refractivity contribution in [1.29, 1.82) is 0 Å². The Morgan fingerprint density at radius 2 is 2.11 bits per heavy atom. The Morgan fingerprint density at radius 3 is 2.67 bits per heavy atom. The molecule has 1 amide bonds. The van der Waals surface area contributed by atoms with E-state index in [1.54, 1.807) is 7.11 Å². The maximum Gasteiger partial charge on any atom is 0.230 e. The van der Waals surface area contributed by atoms with E-state index < -0.39 is 0 Å². The summed E-state index contributed by atoms with van der Waals surface area (Å²) in [5.41, 5.74) is 1.54. The van der Waals surface area contributed by atoms with Crippen molar-refractivity contribution in [3.8, 4) is 0 Å². The Kier molecular flexibility index (Phi) is 4.91. The van der Waals surface area contributed by atoms with Crippen LogP contribution < -0.4 is 5.32 Å². The summed E-state index contributed by atoms with van der Waals surface area (Å²) in [7, 11) is 1.68. The van der Waals surface area contributed by atoms with E-state index in [2.05, 4.69) is 5.32 Å². The van der Waals surface area contributed by atoms with E-state index in [0.29, 0.717) is 0 Å². The van der Waals surface area contributed by atoms with Gasteiger partial charge < -0.3 is 10.1 Å². The fraction of sp³-hybridized carbons (Fsp3) is 0.533. The van der Waals surface area contributed by atoms with E-state index in [4.69, 9.17) is 4.74 Å². The van der Waals surface area contributed by atoms with Crippen molar-refractivity contribution >= 4 is 11.6 Å². The third kappa shape index (κ3) is 3.57. The van der Waals surface area contributed by atoms with Gasteiger partial charge in [0.15, 0.2) is 0 Å². The number of ether oxygens (including phenoxy) is 1. The van der Waals surface area contributed by atoms with Crippen LogP contribution in [0.4, 0.5) is 5.69 Å². The first-order chi connectivity index (χ1) is 8.40. The maximum atomic E-state index is 12.1. The van der Waals surface area contributed by atoms with Gasteiger partial charge in [-0.15, -0.1) is 0 Å². The summed E-state index contributed by atoms with van der Waals surface area (Å²) in [6.45, 7) is 7.90. The van der Waals surface area contributed by atoms with Gasteiger partial charge in [-0.25, -0.2) is 0 Å². The number of carbonyl (C=O) groups excluding carboxylic acids is 1. The second kappa shape index (κ2) is 6.01. The van der Waals surface area contributed by atoms with Crippen molar-refractivity contribution in [1.82, 2.24) is 0 Å². The molecule has 3 nitrogen and oxygen atoms in total. The lowest BCUT2D eigenvalue weighted by Crippen LogP contribution is -2.30. The molecule has 1 aromatic rings. The molecule has 1 rings (SSSR count). The lowest BCUT2D eigenvalue weighted by atomic mass is 9.89. The Hall–Kier alpha value is -1.35. The van der Waals surface area contributed by atoms with E-state index in [0.717, 1.165) is 17.7 Å². The van der Waals surface area contributed by atoms with Gasteiger partial charge >= 0.3 is 0 Å². The molecule has 0 fully saturated rings. The molecule has 0 aliphatic heterocycles. The molecule has 0 radical (unpaired) electrons. The number of nitrogens with one attached hydrogen (secondary N) is 1. The molecule has 0 heterocycles. The summed E-state index contributed by atoms with van der Waals surface area (Å²) < 4.78 is 5.27. The SMILES string of the molecule is CCC(C)(C)C(=O)Nc1cccc(C(C)OC)c1. The summed E-state index contributed by atoms with van der Waals surface area (Å²) in [5.74, 6) is 0.0484. The van der Waals surface area contributed by atoms with Crippen LogP contribution in [0, 0.1) is 5.41 Å². The zero-order valence-corrected chi connectivity index (χ0v) is 11.9. The van der Waals surface area contributed by atoms with E-state index >= 15 is 0 Å². The van der Waals surface area contributed by atoms with Crippen molar-refractivity contribution in [2.24, 2.45) is 5.41 Å². The Bertz CT molecular complexity index is 413. The molecule has 0 saturated carbocycles. The third-order valence-electron chi connectivity index (χ3n) is 3.47. The highest BCUT2D eigenvalue weighted by Crippen LogP contribution is 2.24. The van der Waals surface area contributed by atoms with Crippen LogP contribution in [0.2, 0.25) is 0 Å². The van der Waals surface area contributed by atoms with Gasteiger partial charge in [0, 0.05) is 18.2 Å². The monoisotopic (exact) mass is 249 g/mol. The van der Waals surface area contributed by atoms with E-state index in [1.165, 1.54) is 0 Å². The quantitative estimate of drug-likeness (QED) is 0.862. The van der Waals surface area contributed by atoms with Crippen LogP contribution in [0.25, 0.3) is 0 Å². The zero-order chi connectivity index (χ0) is 13.8. The first-order valence-electron chi connectivity index (χ1n) is 6.35. The molecular weight excluding hydrogens is 226 g/mol. The number of hydrogen-bond donors (Lipinski definition) is 1. The molecular formula is C15H23NO2. The highest BCUT2D eigenvalue weighted by molar-refractivity contribution is 5.94. The van der Waals surface area contributed by atoms with E-state index in [-0.39, 0.29) is 17.4 Å². The fourth-order valence-corrected chi connectivity index (χ4v) is 1.47. The van der Waals surface area contributed by atoms with Crippen molar-refractivity contribution in [3.05, 3.63) is 29.8 Å². The number of anilines is 1. The van der Waals surface area contributed by atoms with Gasteiger partial charge in [-0.1, -0.05) is 32.9 Å². The molecule has 3 heteroatoms. The van der Waals surface area contributed by atoms with Crippen LogP contribution >= 0.6 is 0 Å². The van der Waals surface area contributed by atoms with Crippen molar-refractivity contribution < 1.29 is 9.53 Å². The first kappa shape index (κ1) is 14.7. The number of amides is 1. The fourth-order valence-electron chi connectivity index (χ4n) is 1.47. The Morgan fingerprint density at radius 1 is 1.44 bits per heavy atom. The molecule has 18 heavy (non-hydrogen) atoms. The van der Waals surface area contributed by atoms with Crippen LogP contribution in [0.15, 0.2) is 24.3 Å². The molecule has 100 valence electrons. The highest BCUT2D eigenvalue weighted by Gasteiger charge is 2.25. The third-order valence-corrected chi connectivity index (χ3v) is 3.47. The van der Waals surface area contributed by atoms with Crippen LogP contribution in [0.5, 0.6) is 0 Å². The molecule has 0 spiro atoms. The lowest BCUT2D eigenvalue weighted by molar-refractivity contribution is -0.124. The minimum absolute atomic E-state index is 0.0287. The van der Waals surface area contributed by atoms with Gasteiger partial charge in [0.1, 0.15) is 0 Å². The van der Waals surface area contributed by atoms with Gasteiger partial charge in [0.25, 0.3) is 0 Å². The van der Waals surface area contributed by atoms with Crippen molar-refractivity contribution in [2.45, 2.75) is 40.2 Å². The predicted molar refractivity (Wildman–Crippen MR) is 74.6 cm³/mol. The maximum absolute atomic E-state index is 12.1. The molecule has 0 aliphatic rings. The van der Waals surface area contributed by atoms with Crippen LogP contribution in [0.1, 0.15) is 45.8 Å². The summed E-state index contributed by atoms with van der Waals surface area (Å²) in [6.07, 6.45) is 0.841. The average Bonchev–Trinajstić information content (AvgIpc) is 2.38. The van der Waals surface area contributed by atoms with E-state index in [9.17, 15) is 4.79 Å². The minimum atomic E-state index is -0.344. The van der Waals surface area contributed by atoms with E-state index in [1.807, 2.05) is 52.0 Å². The summed E-state index contributed by atoms with van der Waals surface area (Å²) >= 11 is 0. The van der Waals surface area contributed by atoms with Crippen molar-refractivity contribution in [3.63, 3.8) is 0 Å². The van der Waals surface area contributed by atoms with Gasteiger partial charge in [0.2, 0.25) is 5.91 Å². The number of hydrogen-bond acceptors (Lipinski definition) is 2. The lowest BCUT2D eigenvalue weighted by Gasteiger charge is -2.22. The number of benzene rings is 1. The molecule has 1 unspecified atom stereocenters. The normalized spacial score (nSPS) is 13.2. The standard InChI is InChI=1S/C15H23NO2/c1-6-15(3,4)14(17)16-13-9-7-8-12(10-13)11(2)18-5/h7-11H,6H2,1-5H3,(H,16,17). The molecule has 0 aliphatic carbocycles. The van der Waals surface area contributed by atoms with Crippen LogP contribution in [-0.4, -0.2) is 13.0 Å². The van der Waals surface area contributed by atoms with Gasteiger partial charge in [-0.2, -0.15) is 0 Å². The average molecular weight is 249 g/mol. The molecule has 0 aromatic heterocycles. The predicted octanol–water partition coefficient (Wildman–Crippen LogP) is 3.77. The first-order valence-corrected chi connectivity index (χ1v) is 6.35. The van der Waals surface area contributed by atoms with Gasteiger partial charge in [-0.05, 0) is 31.0 Å². The molecule has 0 saturated heterocycles. The topological polar surface area (TPSA) is 38.3 Å². The van der Waals surface area contributed by atoms with Gasteiger partial charge in [0.05, 0.1) is 6.10 Å². The van der Waals surface area contributed by atoms with Crippen molar-refractivity contribution in [2.75, 3.05) is 12.4 Å². The summed E-state index contributed by atoms with van der Waals surface area (Å²) in [5, 5.41) is 2.96. The zero-order valence-electron chi connectivity index (χ0n) is 11.9. The largest absolute Gasteiger partial charge is 0.377 e. The molecule has 1 N–H and O–H groups in total. The summed E-state index contributed by atoms with van der Waals surface area (Å²) in [4.78, 5) is 12.1. The number of rotatable bonds is 5. The van der Waals surface area contributed by atoms with Crippen LogP contribution in [0.3, 0.4) is 0 Å². The second-order valence-corrected chi connectivity index (χ2v) is 5.19. The van der Waals surface area contributed by atoms with Crippen LogP contribution in [-0.2, 0) is 9.53 Å². The van der Waals surface area contributed by atoms with Gasteiger partial charge in [-0.3, -0.25) is 4.79 Å². The summed E-state index contributed by atoms with van der Waals surface area (Å²) in [6, 6.07) is 7.78. The molecule has 1 aromatic carbocycles. The Balaban J connectivity index is 2.83.